The fraction of sp³-hybridized carbons (Fsp3) is 0.350. The third-order valence-corrected chi connectivity index (χ3v) is 6.12. The summed E-state index contributed by atoms with van der Waals surface area (Å²) in [5.41, 5.74) is 1.10. The number of esters is 2. The van der Waals surface area contributed by atoms with Gasteiger partial charge < -0.3 is 19.2 Å². The predicted molar refractivity (Wildman–Crippen MR) is 110 cm³/mol. The summed E-state index contributed by atoms with van der Waals surface area (Å²) in [6, 6.07) is 3.74. The number of rotatable bonds is 8. The van der Waals surface area contributed by atoms with Gasteiger partial charge in [-0.15, -0.1) is 0 Å². The highest BCUT2D eigenvalue weighted by Crippen LogP contribution is 2.26. The number of aromatic nitrogens is 1. The summed E-state index contributed by atoms with van der Waals surface area (Å²) in [7, 11) is -0.144. The van der Waals surface area contributed by atoms with Gasteiger partial charge in [-0.3, -0.25) is 4.79 Å². The Hall–Kier alpha value is -3.18. The molecular weight excluding hydrogens is 428 g/mol. The Labute approximate surface area is 179 Å². The van der Waals surface area contributed by atoms with Crippen LogP contribution >= 0.6 is 0 Å². The van der Waals surface area contributed by atoms with Gasteiger partial charge in [0, 0.05) is 5.69 Å². The molecule has 168 valence electrons. The highest BCUT2D eigenvalue weighted by Gasteiger charge is 2.28. The third-order valence-electron chi connectivity index (χ3n) is 4.68. The van der Waals surface area contributed by atoms with E-state index in [0.29, 0.717) is 11.3 Å². The average Bonchev–Trinajstić information content (AvgIpc) is 3.05. The van der Waals surface area contributed by atoms with Crippen LogP contribution < -0.4 is 9.46 Å². The molecular formula is C20H24N2O8S. The molecule has 1 aromatic carbocycles. The molecule has 0 amide bonds. The molecule has 0 radical (unpaired) electrons. The van der Waals surface area contributed by atoms with Crippen molar-refractivity contribution >= 4 is 27.7 Å². The summed E-state index contributed by atoms with van der Waals surface area (Å²) in [6.07, 6.45) is -1.21. The number of nitrogens with one attached hydrogen (secondary N) is 2. The molecule has 0 unspecified atom stereocenters. The lowest BCUT2D eigenvalue weighted by Crippen LogP contribution is -2.26. The number of H-pyrrole nitrogens is 1. The van der Waals surface area contributed by atoms with E-state index >= 15 is 0 Å². The van der Waals surface area contributed by atoms with Crippen molar-refractivity contribution in [2.24, 2.45) is 0 Å². The van der Waals surface area contributed by atoms with E-state index in [0.717, 1.165) is 6.07 Å². The first-order valence-corrected chi connectivity index (χ1v) is 10.6. The van der Waals surface area contributed by atoms with E-state index in [4.69, 9.17) is 14.2 Å². The lowest BCUT2D eigenvalue weighted by atomic mass is 10.1. The Morgan fingerprint density at radius 2 is 1.74 bits per heavy atom. The molecule has 0 saturated heterocycles. The normalized spacial score (nSPS) is 12.2. The molecule has 0 aliphatic carbocycles. The van der Waals surface area contributed by atoms with Gasteiger partial charge in [-0.2, -0.15) is 0 Å². The highest BCUT2D eigenvalue weighted by atomic mass is 32.2. The average molecular weight is 452 g/mol. The highest BCUT2D eigenvalue weighted by molar-refractivity contribution is 7.89. The number of ether oxygens (including phenoxy) is 3. The molecule has 2 N–H and O–H groups in total. The lowest BCUT2D eigenvalue weighted by molar-refractivity contribution is 0.0316. The van der Waals surface area contributed by atoms with Crippen LogP contribution in [0.2, 0.25) is 0 Å². The fourth-order valence-corrected chi connectivity index (χ4v) is 3.93. The van der Waals surface area contributed by atoms with Gasteiger partial charge in [0.1, 0.15) is 10.6 Å². The second-order valence-corrected chi connectivity index (χ2v) is 8.46. The van der Waals surface area contributed by atoms with Gasteiger partial charge in [0.25, 0.3) is 0 Å². The Bertz CT molecular complexity index is 1130. The second-order valence-electron chi connectivity index (χ2n) is 6.60. The van der Waals surface area contributed by atoms with E-state index in [1.54, 1.807) is 13.8 Å². The van der Waals surface area contributed by atoms with Crippen molar-refractivity contribution in [1.82, 2.24) is 9.71 Å². The molecule has 0 fully saturated rings. The van der Waals surface area contributed by atoms with Crippen LogP contribution in [0.15, 0.2) is 23.1 Å². The molecule has 2 rings (SSSR count). The molecule has 1 atom stereocenters. The van der Waals surface area contributed by atoms with Gasteiger partial charge in [-0.1, -0.05) is 0 Å². The Kier molecular flexibility index (Phi) is 7.24. The molecule has 0 aliphatic heterocycles. The summed E-state index contributed by atoms with van der Waals surface area (Å²) < 4.78 is 41.5. The summed E-state index contributed by atoms with van der Waals surface area (Å²) >= 11 is 0. The van der Waals surface area contributed by atoms with Crippen molar-refractivity contribution in [2.75, 3.05) is 21.3 Å². The van der Waals surface area contributed by atoms with Crippen molar-refractivity contribution in [3.63, 3.8) is 0 Å². The number of carbonyl (C=O) groups is 3. The van der Waals surface area contributed by atoms with Crippen molar-refractivity contribution < 1.29 is 37.0 Å². The van der Waals surface area contributed by atoms with E-state index < -0.39 is 33.8 Å². The topological polar surface area (TPSA) is 141 Å². The molecule has 10 nitrogen and oxygen atoms in total. The minimum absolute atomic E-state index is 0.0443. The molecule has 11 heteroatoms. The van der Waals surface area contributed by atoms with E-state index in [9.17, 15) is 22.8 Å². The Morgan fingerprint density at radius 1 is 1.10 bits per heavy atom. The van der Waals surface area contributed by atoms with E-state index in [1.807, 2.05) is 0 Å². The smallest absolute Gasteiger partial charge is 0.339 e. The summed E-state index contributed by atoms with van der Waals surface area (Å²) in [4.78, 5) is 39.8. The number of hydrogen-bond donors (Lipinski definition) is 2. The summed E-state index contributed by atoms with van der Waals surface area (Å²) in [5.74, 6) is -2.00. The van der Waals surface area contributed by atoms with Crippen LogP contribution in [0.3, 0.4) is 0 Å². The number of aryl methyl sites for hydroxylation is 1. The van der Waals surface area contributed by atoms with Crippen LogP contribution in [0.5, 0.6) is 5.75 Å². The van der Waals surface area contributed by atoms with E-state index in [1.165, 1.54) is 40.3 Å². The summed E-state index contributed by atoms with van der Waals surface area (Å²) in [5, 5.41) is 0. The number of ketones is 1. The second kappa shape index (κ2) is 9.31. The molecule has 0 saturated carbocycles. The third kappa shape index (κ3) is 4.78. The van der Waals surface area contributed by atoms with Gasteiger partial charge in [0.2, 0.25) is 15.8 Å². The minimum atomic E-state index is -3.90. The number of hydrogen-bond acceptors (Lipinski definition) is 8. The Morgan fingerprint density at radius 3 is 2.29 bits per heavy atom. The van der Waals surface area contributed by atoms with Crippen molar-refractivity contribution in [3.8, 4) is 5.75 Å². The molecule has 1 heterocycles. The standard InChI is InChI=1S/C20H24N2O8S/c1-10-16(20(25)29-6)11(2)22-17(10)18(23)12(3)30-19(24)13-7-8-14(28-5)15(9-13)31(26,27)21-4/h7-9,12,21-22H,1-6H3/t12-/m0/s1. The number of benzene rings is 1. The molecule has 2 aromatic rings. The van der Waals surface area contributed by atoms with Crippen LogP contribution in [0.4, 0.5) is 0 Å². The van der Waals surface area contributed by atoms with Crippen molar-refractivity contribution in [3.05, 3.63) is 46.3 Å². The molecule has 1 aromatic heterocycles. The molecule has 31 heavy (non-hydrogen) atoms. The monoisotopic (exact) mass is 452 g/mol. The van der Waals surface area contributed by atoms with E-state index in [2.05, 4.69) is 9.71 Å². The maximum absolute atomic E-state index is 12.8. The zero-order valence-electron chi connectivity index (χ0n) is 18.0. The Balaban J connectivity index is 2.30. The number of aromatic amines is 1. The zero-order valence-corrected chi connectivity index (χ0v) is 18.8. The van der Waals surface area contributed by atoms with Gasteiger partial charge >= 0.3 is 11.9 Å². The predicted octanol–water partition coefficient (Wildman–Crippen LogP) is 1.76. The maximum Gasteiger partial charge on any atom is 0.339 e. The van der Waals surface area contributed by atoms with Crippen LogP contribution in [0, 0.1) is 13.8 Å². The van der Waals surface area contributed by atoms with Gasteiger partial charge in [-0.25, -0.2) is 22.7 Å². The minimum Gasteiger partial charge on any atom is -0.495 e. The zero-order chi connectivity index (χ0) is 23.5. The van der Waals surface area contributed by atoms with Crippen LogP contribution in [-0.4, -0.2) is 58.5 Å². The first kappa shape index (κ1) is 24.1. The number of sulfonamides is 1. The number of Topliss-reactive ketones (excluding diaryl/α,β-unsaturated/α-hetero) is 1. The molecule has 0 spiro atoms. The quantitative estimate of drug-likeness (QED) is 0.456. The van der Waals surface area contributed by atoms with Gasteiger partial charge in [0.15, 0.2) is 6.10 Å². The summed E-state index contributed by atoms with van der Waals surface area (Å²) in [6.45, 7) is 4.58. The fourth-order valence-electron chi connectivity index (χ4n) is 3.01. The molecule has 0 aliphatic rings. The van der Waals surface area contributed by atoms with Gasteiger partial charge in [-0.05, 0) is 51.6 Å². The SMILES string of the molecule is CNS(=O)(=O)c1cc(C(=O)O[C@@H](C)C(=O)c2[nH]c(C)c(C(=O)OC)c2C)ccc1OC. The first-order chi connectivity index (χ1) is 14.5. The lowest BCUT2D eigenvalue weighted by Gasteiger charge is -2.14. The van der Waals surface area contributed by atoms with Crippen molar-refractivity contribution in [2.45, 2.75) is 31.8 Å². The van der Waals surface area contributed by atoms with Crippen LogP contribution in [0.1, 0.15) is 49.4 Å². The largest absolute Gasteiger partial charge is 0.495 e. The first-order valence-electron chi connectivity index (χ1n) is 9.12. The van der Waals surface area contributed by atoms with Crippen molar-refractivity contribution in [1.29, 1.82) is 0 Å². The van der Waals surface area contributed by atoms with Gasteiger partial charge in [0.05, 0.1) is 31.0 Å². The number of methoxy groups -OCH3 is 2. The van der Waals surface area contributed by atoms with Crippen LogP contribution in [0.25, 0.3) is 0 Å². The van der Waals surface area contributed by atoms with Crippen LogP contribution in [-0.2, 0) is 19.5 Å². The molecule has 0 bridgehead atoms. The maximum atomic E-state index is 12.8. The number of carbonyl (C=O) groups excluding carboxylic acids is 3. The van der Waals surface area contributed by atoms with E-state index in [-0.39, 0.29) is 27.5 Å².